The highest BCUT2D eigenvalue weighted by Crippen LogP contribution is 2.25. The Bertz CT molecular complexity index is 1310. The van der Waals surface area contributed by atoms with Gasteiger partial charge in [0.25, 0.3) is 5.56 Å². The molecule has 0 spiro atoms. The summed E-state index contributed by atoms with van der Waals surface area (Å²) in [7, 11) is 0. The molecular formula is C20H14N6O3S. The van der Waals surface area contributed by atoms with Crippen LogP contribution in [-0.2, 0) is 9.59 Å². The van der Waals surface area contributed by atoms with Gasteiger partial charge in [-0.2, -0.15) is 5.10 Å². The second-order valence-electron chi connectivity index (χ2n) is 6.07. The van der Waals surface area contributed by atoms with Crippen LogP contribution in [0.1, 0.15) is 5.56 Å². The minimum atomic E-state index is -1.00. The van der Waals surface area contributed by atoms with E-state index >= 15 is 0 Å². The van der Waals surface area contributed by atoms with Gasteiger partial charge in [0.15, 0.2) is 0 Å². The van der Waals surface area contributed by atoms with Crippen LogP contribution in [0, 0.1) is 0 Å². The van der Waals surface area contributed by atoms with Crippen molar-refractivity contribution in [3.05, 3.63) is 76.6 Å². The first-order chi connectivity index (χ1) is 14.6. The third-order valence-corrected chi connectivity index (χ3v) is 4.91. The lowest BCUT2D eigenvalue weighted by Gasteiger charge is -2.00. The standard InChI is InChI=1S/C20H14N6O3S/c27-16-14(10-13-8-4-5-9-15(13)22-16)11-21-24-18(29)17(28)23-20-26-25-19(30-20)12-6-2-1-3-7-12/h1-11H,(H,22,27)(H,24,29)(H,23,26,28)/b21-11-. The number of rotatable bonds is 4. The molecule has 2 heterocycles. The van der Waals surface area contributed by atoms with E-state index in [9.17, 15) is 14.4 Å². The van der Waals surface area contributed by atoms with Crippen LogP contribution < -0.4 is 16.3 Å². The quantitative estimate of drug-likeness (QED) is 0.266. The number of fused-ring (bicyclic) bond motifs is 1. The average molecular weight is 418 g/mol. The number of hydrogen-bond acceptors (Lipinski definition) is 7. The van der Waals surface area contributed by atoms with E-state index in [4.69, 9.17) is 0 Å². The summed E-state index contributed by atoms with van der Waals surface area (Å²) in [5.41, 5.74) is 3.51. The molecule has 2 aromatic heterocycles. The normalized spacial score (nSPS) is 10.9. The summed E-state index contributed by atoms with van der Waals surface area (Å²) in [4.78, 5) is 38.7. The van der Waals surface area contributed by atoms with Crippen molar-refractivity contribution in [1.82, 2.24) is 20.6 Å². The van der Waals surface area contributed by atoms with Crippen LogP contribution in [0.15, 0.2) is 70.6 Å². The van der Waals surface area contributed by atoms with E-state index in [1.54, 1.807) is 12.1 Å². The minimum absolute atomic E-state index is 0.184. The molecule has 30 heavy (non-hydrogen) atoms. The maximum absolute atomic E-state index is 12.1. The van der Waals surface area contributed by atoms with Crippen molar-refractivity contribution in [2.24, 2.45) is 5.10 Å². The molecule has 4 rings (SSSR count). The van der Waals surface area contributed by atoms with Gasteiger partial charge in [-0.1, -0.05) is 59.9 Å². The third-order valence-electron chi connectivity index (χ3n) is 4.02. The van der Waals surface area contributed by atoms with E-state index in [0.717, 1.165) is 22.3 Å². The predicted molar refractivity (Wildman–Crippen MR) is 114 cm³/mol. The minimum Gasteiger partial charge on any atom is -0.321 e. The van der Waals surface area contributed by atoms with Gasteiger partial charge in [0, 0.05) is 11.1 Å². The number of aromatic nitrogens is 3. The molecule has 0 aliphatic heterocycles. The number of aromatic amines is 1. The van der Waals surface area contributed by atoms with Crippen LogP contribution >= 0.6 is 11.3 Å². The predicted octanol–water partition coefficient (Wildman–Crippen LogP) is 2.14. The molecule has 0 unspecified atom stereocenters. The molecule has 2 aromatic carbocycles. The van der Waals surface area contributed by atoms with Gasteiger partial charge in [0.1, 0.15) is 5.01 Å². The smallest absolute Gasteiger partial charge is 0.321 e. The molecule has 0 bridgehead atoms. The van der Waals surface area contributed by atoms with E-state index in [1.165, 1.54) is 6.21 Å². The number of carbonyl (C=O) groups excluding carboxylic acids is 2. The lowest BCUT2D eigenvalue weighted by Crippen LogP contribution is -2.32. The molecule has 0 atom stereocenters. The highest BCUT2D eigenvalue weighted by molar-refractivity contribution is 7.18. The van der Waals surface area contributed by atoms with Gasteiger partial charge in [0.05, 0.1) is 11.8 Å². The second-order valence-corrected chi connectivity index (χ2v) is 7.05. The number of pyridine rings is 1. The number of amides is 2. The molecule has 9 nitrogen and oxygen atoms in total. The van der Waals surface area contributed by atoms with Crippen molar-refractivity contribution in [3.8, 4) is 10.6 Å². The lowest BCUT2D eigenvalue weighted by atomic mass is 10.2. The maximum Gasteiger partial charge on any atom is 0.329 e. The van der Waals surface area contributed by atoms with Gasteiger partial charge in [-0.15, -0.1) is 10.2 Å². The molecule has 0 radical (unpaired) electrons. The molecule has 3 N–H and O–H groups in total. The summed E-state index contributed by atoms with van der Waals surface area (Å²) in [6.45, 7) is 0. The van der Waals surface area contributed by atoms with Gasteiger partial charge in [0.2, 0.25) is 5.13 Å². The van der Waals surface area contributed by atoms with Crippen LogP contribution in [-0.4, -0.2) is 33.2 Å². The average Bonchev–Trinajstić information content (AvgIpc) is 3.23. The largest absolute Gasteiger partial charge is 0.329 e. The summed E-state index contributed by atoms with van der Waals surface area (Å²) >= 11 is 1.14. The molecule has 0 saturated carbocycles. The number of nitrogens with one attached hydrogen (secondary N) is 3. The third kappa shape index (κ3) is 4.28. The number of anilines is 1. The number of hydrazone groups is 1. The van der Waals surface area contributed by atoms with Crippen LogP contribution in [0.25, 0.3) is 21.5 Å². The number of benzene rings is 2. The SMILES string of the molecule is O=C(N/N=C\c1cc2ccccc2[nH]c1=O)C(=O)Nc1nnc(-c2ccccc2)s1. The van der Waals surface area contributed by atoms with Crippen molar-refractivity contribution < 1.29 is 9.59 Å². The van der Waals surface area contributed by atoms with Gasteiger partial charge in [-0.3, -0.25) is 19.7 Å². The highest BCUT2D eigenvalue weighted by Gasteiger charge is 2.16. The fourth-order valence-electron chi connectivity index (χ4n) is 2.60. The van der Waals surface area contributed by atoms with E-state index in [-0.39, 0.29) is 16.3 Å². The van der Waals surface area contributed by atoms with Gasteiger partial charge >= 0.3 is 11.8 Å². The fourth-order valence-corrected chi connectivity index (χ4v) is 3.34. The van der Waals surface area contributed by atoms with Crippen molar-refractivity contribution in [2.45, 2.75) is 0 Å². The Morgan fingerprint density at radius 1 is 1.00 bits per heavy atom. The number of H-pyrrole nitrogens is 1. The Morgan fingerprint density at radius 3 is 2.60 bits per heavy atom. The number of hydrogen-bond donors (Lipinski definition) is 3. The molecule has 4 aromatic rings. The maximum atomic E-state index is 12.1. The Hall–Kier alpha value is -4.18. The first kappa shape index (κ1) is 19.2. The number of nitrogens with zero attached hydrogens (tertiary/aromatic N) is 3. The summed E-state index contributed by atoms with van der Waals surface area (Å²) in [5, 5.41) is 15.5. The summed E-state index contributed by atoms with van der Waals surface area (Å²) in [6, 6.07) is 18.2. The van der Waals surface area contributed by atoms with Crippen molar-refractivity contribution >= 4 is 45.4 Å². The van der Waals surface area contributed by atoms with E-state index in [1.807, 2.05) is 48.5 Å². The Labute approximate surface area is 173 Å². The molecule has 0 aliphatic rings. The van der Waals surface area contributed by atoms with Crippen LogP contribution in [0.5, 0.6) is 0 Å². The zero-order valence-corrected chi connectivity index (χ0v) is 16.1. The van der Waals surface area contributed by atoms with Gasteiger partial charge < -0.3 is 4.98 Å². The molecule has 0 aliphatic carbocycles. The lowest BCUT2D eigenvalue weighted by molar-refractivity contribution is -0.136. The zero-order valence-electron chi connectivity index (χ0n) is 15.3. The molecule has 0 saturated heterocycles. The van der Waals surface area contributed by atoms with Crippen molar-refractivity contribution in [2.75, 3.05) is 5.32 Å². The van der Waals surface area contributed by atoms with E-state index in [0.29, 0.717) is 10.5 Å². The molecule has 10 heteroatoms. The Kier molecular flexibility index (Phi) is 5.39. The first-order valence-corrected chi connectivity index (χ1v) is 9.57. The van der Waals surface area contributed by atoms with Gasteiger partial charge in [-0.25, -0.2) is 5.43 Å². The van der Waals surface area contributed by atoms with Crippen LogP contribution in [0.2, 0.25) is 0 Å². The Balaban J connectivity index is 1.38. The Morgan fingerprint density at radius 2 is 1.77 bits per heavy atom. The van der Waals surface area contributed by atoms with Crippen molar-refractivity contribution in [1.29, 1.82) is 0 Å². The monoisotopic (exact) mass is 418 g/mol. The summed E-state index contributed by atoms with van der Waals surface area (Å²) in [5.74, 6) is -1.95. The van der Waals surface area contributed by atoms with Gasteiger partial charge in [-0.05, 0) is 17.5 Å². The number of para-hydroxylation sites is 1. The second kappa shape index (κ2) is 8.45. The van der Waals surface area contributed by atoms with E-state index < -0.39 is 11.8 Å². The van der Waals surface area contributed by atoms with E-state index in [2.05, 4.69) is 31.0 Å². The van der Waals surface area contributed by atoms with Crippen LogP contribution in [0.3, 0.4) is 0 Å². The molecular weight excluding hydrogens is 404 g/mol. The van der Waals surface area contributed by atoms with Crippen LogP contribution in [0.4, 0.5) is 5.13 Å². The molecule has 148 valence electrons. The zero-order chi connectivity index (χ0) is 20.9. The number of carbonyl (C=O) groups is 2. The molecule has 0 fully saturated rings. The topological polar surface area (TPSA) is 129 Å². The summed E-state index contributed by atoms with van der Waals surface area (Å²) < 4.78 is 0. The summed E-state index contributed by atoms with van der Waals surface area (Å²) in [6.07, 6.45) is 1.18. The first-order valence-electron chi connectivity index (χ1n) is 8.75. The van der Waals surface area contributed by atoms with Crippen molar-refractivity contribution in [3.63, 3.8) is 0 Å². The molecule has 2 amide bonds. The highest BCUT2D eigenvalue weighted by atomic mass is 32.1. The fraction of sp³-hybridized carbons (Fsp3) is 0.